The summed E-state index contributed by atoms with van der Waals surface area (Å²) in [4.78, 5) is 0.178. The number of anilines is 3. The highest BCUT2D eigenvalue weighted by Crippen LogP contribution is 2.22. The van der Waals surface area contributed by atoms with Crippen molar-refractivity contribution < 1.29 is 13.2 Å². The zero-order valence-corrected chi connectivity index (χ0v) is 16.7. The molecule has 0 unspecified atom stereocenters. The quantitative estimate of drug-likeness (QED) is 0.621. The van der Waals surface area contributed by atoms with Crippen molar-refractivity contribution in [1.82, 2.24) is 10.2 Å². The fraction of sp³-hybridized carbons (Fsp3) is 0.200. The summed E-state index contributed by atoms with van der Waals surface area (Å²) in [6, 6.07) is 17.4. The van der Waals surface area contributed by atoms with Gasteiger partial charge in [-0.2, -0.15) is 0 Å². The van der Waals surface area contributed by atoms with E-state index in [-0.39, 0.29) is 10.7 Å². The third-order valence-electron chi connectivity index (χ3n) is 4.10. The number of ether oxygens (including phenoxy) is 1. The van der Waals surface area contributed by atoms with Crippen LogP contribution in [0.4, 0.5) is 17.3 Å². The summed E-state index contributed by atoms with van der Waals surface area (Å²) in [5.41, 5.74) is 1.86. The number of methoxy groups -OCH3 is 1. The average Bonchev–Trinajstić information content (AvgIpc) is 2.69. The Bertz CT molecular complexity index is 1030. The zero-order valence-electron chi connectivity index (χ0n) is 15.9. The molecular weight excluding hydrogens is 376 g/mol. The van der Waals surface area contributed by atoms with E-state index < -0.39 is 10.0 Å². The van der Waals surface area contributed by atoms with Gasteiger partial charge in [0.25, 0.3) is 10.0 Å². The molecule has 0 aliphatic heterocycles. The number of hydrogen-bond donors (Lipinski definition) is 2. The number of rotatable bonds is 7. The fourth-order valence-corrected chi connectivity index (χ4v) is 3.53. The highest BCUT2D eigenvalue weighted by atomic mass is 32.2. The van der Waals surface area contributed by atoms with Crippen LogP contribution in [0.1, 0.15) is 25.3 Å². The van der Waals surface area contributed by atoms with Crippen molar-refractivity contribution in [3.8, 4) is 5.75 Å². The summed E-state index contributed by atoms with van der Waals surface area (Å²) >= 11 is 0. The topological polar surface area (TPSA) is 93.2 Å². The molecule has 0 bridgehead atoms. The largest absolute Gasteiger partial charge is 0.497 e. The molecule has 0 radical (unpaired) electrons. The highest BCUT2D eigenvalue weighted by molar-refractivity contribution is 7.92. The molecule has 1 aromatic heterocycles. The monoisotopic (exact) mass is 398 g/mol. The minimum absolute atomic E-state index is 0.143. The lowest BCUT2D eigenvalue weighted by Crippen LogP contribution is -2.14. The molecule has 0 amide bonds. The predicted octanol–water partition coefficient (Wildman–Crippen LogP) is 4.15. The Kier molecular flexibility index (Phi) is 5.79. The van der Waals surface area contributed by atoms with Gasteiger partial charge in [-0.3, -0.25) is 4.72 Å². The molecule has 2 aromatic carbocycles. The van der Waals surface area contributed by atoms with Crippen LogP contribution in [0.3, 0.4) is 0 Å². The van der Waals surface area contributed by atoms with Gasteiger partial charge in [0.1, 0.15) is 5.75 Å². The van der Waals surface area contributed by atoms with E-state index in [2.05, 4.69) is 34.1 Å². The van der Waals surface area contributed by atoms with E-state index in [4.69, 9.17) is 4.74 Å². The van der Waals surface area contributed by atoms with Gasteiger partial charge in [0.2, 0.25) is 0 Å². The second-order valence-electron chi connectivity index (χ2n) is 6.49. The van der Waals surface area contributed by atoms with Gasteiger partial charge in [0.05, 0.1) is 12.0 Å². The van der Waals surface area contributed by atoms with Gasteiger partial charge in [-0.25, -0.2) is 8.42 Å². The van der Waals surface area contributed by atoms with Crippen LogP contribution in [0.15, 0.2) is 65.6 Å². The molecule has 3 rings (SSSR count). The normalized spacial score (nSPS) is 11.3. The van der Waals surface area contributed by atoms with Crippen LogP contribution in [-0.2, 0) is 10.0 Å². The maximum Gasteiger partial charge on any atom is 0.263 e. The Morgan fingerprint density at radius 1 is 0.929 bits per heavy atom. The lowest BCUT2D eigenvalue weighted by atomic mass is 10.0. The number of benzene rings is 2. The highest BCUT2D eigenvalue weighted by Gasteiger charge is 2.15. The third kappa shape index (κ3) is 4.77. The standard InChI is InChI=1S/C20H22N4O3S/c1-14(2)15-7-9-18(10-8-15)28(25,26)24-20-12-11-19(22-23-20)21-16-5-4-6-17(13-16)27-3/h4-14H,1-3H3,(H,21,22)(H,23,24). The van der Waals surface area contributed by atoms with Gasteiger partial charge in [-0.05, 0) is 47.9 Å². The van der Waals surface area contributed by atoms with Crippen molar-refractivity contribution in [2.24, 2.45) is 0 Å². The third-order valence-corrected chi connectivity index (χ3v) is 5.47. The summed E-state index contributed by atoms with van der Waals surface area (Å²) in [5, 5.41) is 11.0. The minimum atomic E-state index is -3.73. The molecule has 8 heteroatoms. The SMILES string of the molecule is COc1cccc(Nc2ccc(NS(=O)(=O)c3ccc(C(C)C)cc3)nn2)c1. The Hall–Kier alpha value is -3.13. The molecular formula is C20H22N4O3S. The van der Waals surface area contributed by atoms with E-state index in [1.807, 2.05) is 36.4 Å². The number of hydrogen-bond acceptors (Lipinski definition) is 6. The summed E-state index contributed by atoms with van der Waals surface area (Å²) < 4.78 is 32.7. The van der Waals surface area contributed by atoms with E-state index in [1.165, 1.54) is 0 Å². The lowest BCUT2D eigenvalue weighted by molar-refractivity contribution is 0.415. The van der Waals surface area contributed by atoms with Crippen LogP contribution in [0.5, 0.6) is 5.75 Å². The van der Waals surface area contributed by atoms with Gasteiger partial charge >= 0.3 is 0 Å². The Balaban J connectivity index is 1.70. The van der Waals surface area contributed by atoms with Crippen molar-refractivity contribution in [3.63, 3.8) is 0 Å². The molecule has 0 saturated heterocycles. The van der Waals surface area contributed by atoms with E-state index >= 15 is 0 Å². The van der Waals surface area contributed by atoms with Gasteiger partial charge in [0, 0.05) is 11.8 Å². The molecule has 0 saturated carbocycles. The van der Waals surface area contributed by atoms with Crippen LogP contribution < -0.4 is 14.8 Å². The Morgan fingerprint density at radius 2 is 1.61 bits per heavy atom. The van der Waals surface area contributed by atoms with E-state index in [0.29, 0.717) is 17.5 Å². The lowest BCUT2D eigenvalue weighted by Gasteiger charge is -2.10. The maximum atomic E-state index is 12.5. The first-order valence-electron chi connectivity index (χ1n) is 8.75. The predicted molar refractivity (Wildman–Crippen MR) is 110 cm³/mol. The van der Waals surface area contributed by atoms with Crippen molar-refractivity contribution in [2.45, 2.75) is 24.7 Å². The molecule has 1 heterocycles. The molecule has 146 valence electrons. The molecule has 0 atom stereocenters. The van der Waals surface area contributed by atoms with Crippen LogP contribution >= 0.6 is 0 Å². The Labute approximate surface area is 164 Å². The molecule has 0 aliphatic rings. The van der Waals surface area contributed by atoms with Gasteiger partial charge in [0.15, 0.2) is 11.6 Å². The second-order valence-corrected chi connectivity index (χ2v) is 8.17. The smallest absolute Gasteiger partial charge is 0.263 e. The van der Waals surface area contributed by atoms with Gasteiger partial charge < -0.3 is 10.1 Å². The molecule has 0 spiro atoms. The van der Waals surface area contributed by atoms with E-state index in [0.717, 1.165) is 11.3 Å². The van der Waals surface area contributed by atoms with Gasteiger partial charge in [-0.15, -0.1) is 10.2 Å². The summed E-state index contributed by atoms with van der Waals surface area (Å²) in [5.74, 6) is 1.67. The minimum Gasteiger partial charge on any atom is -0.497 e. The molecule has 28 heavy (non-hydrogen) atoms. The van der Waals surface area contributed by atoms with Gasteiger partial charge in [-0.1, -0.05) is 32.0 Å². The molecule has 0 fully saturated rings. The van der Waals surface area contributed by atoms with Crippen LogP contribution in [0.25, 0.3) is 0 Å². The average molecular weight is 398 g/mol. The van der Waals surface area contributed by atoms with Crippen molar-refractivity contribution in [1.29, 1.82) is 0 Å². The fourth-order valence-electron chi connectivity index (χ4n) is 2.53. The van der Waals surface area contributed by atoms with E-state index in [9.17, 15) is 8.42 Å². The molecule has 0 aliphatic carbocycles. The number of sulfonamides is 1. The summed E-state index contributed by atoms with van der Waals surface area (Å²) in [7, 11) is -2.13. The first-order valence-corrected chi connectivity index (χ1v) is 10.2. The molecule has 7 nitrogen and oxygen atoms in total. The van der Waals surface area contributed by atoms with Crippen LogP contribution in [0.2, 0.25) is 0 Å². The first-order chi connectivity index (χ1) is 13.4. The number of nitrogens with one attached hydrogen (secondary N) is 2. The first kappa shape index (κ1) is 19.6. The second kappa shape index (κ2) is 8.26. The van der Waals surface area contributed by atoms with E-state index in [1.54, 1.807) is 31.4 Å². The molecule has 3 aromatic rings. The van der Waals surface area contributed by atoms with Crippen LogP contribution in [0, 0.1) is 0 Å². The maximum absolute atomic E-state index is 12.5. The zero-order chi connectivity index (χ0) is 20.1. The van der Waals surface area contributed by atoms with Crippen molar-refractivity contribution >= 4 is 27.3 Å². The summed E-state index contributed by atoms with van der Waals surface area (Å²) in [6.07, 6.45) is 0. The number of nitrogens with zero attached hydrogens (tertiary/aromatic N) is 2. The van der Waals surface area contributed by atoms with Crippen LogP contribution in [-0.4, -0.2) is 25.7 Å². The molecule has 2 N–H and O–H groups in total. The number of aromatic nitrogens is 2. The summed E-state index contributed by atoms with van der Waals surface area (Å²) in [6.45, 7) is 4.11. The Morgan fingerprint density at radius 3 is 2.21 bits per heavy atom. The van der Waals surface area contributed by atoms with Crippen molar-refractivity contribution in [2.75, 3.05) is 17.1 Å². The van der Waals surface area contributed by atoms with Crippen molar-refractivity contribution in [3.05, 3.63) is 66.2 Å².